The first-order valence-corrected chi connectivity index (χ1v) is 7.62. The quantitative estimate of drug-likeness (QED) is 0.338. The monoisotopic (exact) mass is 309 g/mol. The molecule has 1 aromatic carbocycles. The first kappa shape index (κ1) is 14.1. The standard InChI is InChI=1S/C15H11N5OS/c1-22-15(18-9-16)19-11-6-4-10(5-7-11)14-20-13-12(21-14)3-2-8-17-13/h2-8H,1H3,(H,18,19). The molecule has 108 valence electrons. The molecule has 0 spiro atoms. The second-order valence-electron chi connectivity index (χ2n) is 4.25. The zero-order valence-corrected chi connectivity index (χ0v) is 12.5. The summed E-state index contributed by atoms with van der Waals surface area (Å²) in [5, 5.41) is 11.7. The smallest absolute Gasteiger partial charge is 0.228 e. The Morgan fingerprint density at radius 3 is 2.82 bits per heavy atom. The zero-order valence-electron chi connectivity index (χ0n) is 11.6. The summed E-state index contributed by atoms with van der Waals surface area (Å²) in [6.07, 6.45) is 5.39. The Labute approximate surface area is 130 Å². The summed E-state index contributed by atoms with van der Waals surface area (Å²) in [6.45, 7) is 0. The molecule has 0 saturated carbocycles. The van der Waals surface area contributed by atoms with E-state index in [1.165, 1.54) is 11.8 Å². The second kappa shape index (κ2) is 6.28. The first-order valence-electron chi connectivity index (χ1n) is 6.40. The third kappa shape index (κ3) is 2.92. The van der Waals surface area contributed by atoms with E-state index < -0.39 is 0 Å². The number of thioether (sulfide) groups is 1. The fourth-order valence-electron chi connectivity index (χ4n) is 1.86. The molecule has 3 aromatic rings. The summed E-state index contributed by atoms with van der Waals surface area (Å²) < 4.78 is 5.67. The normalized spacial score (nSPS) is 11.4. The highest BCUT2D eigenvalue weighted by Gasteiger charge is 2.08. The van der Waals surface area contributed by atoms with Gasteiger partial charge in [0.15, 0.2) is 22.6 Å². The minimum Gasteiger partial charge on any atom is -0.434 e. The summed E-state index contributed by atoms with van der Waals surface area (Å²) in [4.78, 5) is 12.8. The highest BCUT2D eigenvalue weighted by atomic mass is 32.2. The van der Waals surface area contributed by atoms with Gasteiger partial charge in [-0.25, -0.2) is 9.98 Å². The Balaban J connectivity index is 1.89. The van der Waals surface area contributed by atoms with Crippen molar-refractivity contribution in [2.45, 2.75) is 0 Å². The van der Waals surface area contributed by atoms with Gasteiger partial charge in [-0.3, -0.25) is 5.32 Å². The van der Waals surface area contributed by atoms with Crippen molar-refractivity contribution in [3.8, 4) is 17.6 Å². The van der Waals surface area contributed by atoms with Crippen LogP contribution in [0.3, 0.4) is 0 Å². The predicted molar refractivity (Wildman–Crippen MR) is 86.6 cm³/mol. The van der Waals surface area contributed by atoms with Crippen molar-refractivity contribution in [1.82, 2.24) is 15.3 Å². The van der Waals surface area contributed by atoms with Crippen molar-refractivity contribution < 1.29 is 4.42 Å². The van der Waals surface area contributed by atoms with E-state index in [4.69, 9.17) is 9.68 Å². The maximum absolute atomic E-state index is 8.63. The molecular formula is C15H11N5OS. The van der Waals surface area contributed by atoms with E-state index >= 15 is 0 Å². The molecule has 6 nitrogen and oxygen atoms in total. The molecule has 0 aliphatic heterocycles. The number of fused-ring (bicyclic) bond motifs is 1. The van der Waals surface area contributed by atoms with Crippen LogP contribution in [-0.4, -0.2) is 21.4 Å². The van der Waals surface area contributed by atoms with Gasteiger partial charge in [0, 0.05) is 11.8 Å². The maximum atomic E-state index is 8.63. The van der Waals surface area contributed by atoms with Gasteiger partial charge in [-0.2, -0.15) is 10.2 Å². The third-order valence-corrected chi connectivity index (χ3v) is 3.45. The minimum absolute atomic E-state index is 0.518. The van der Waals surface area contributed by atoms with Crippen molar-refractivity contribution in [3.63, 3.8) is 0 Å². The van der Waals surface area contributed by atoms with Gasteiger partial charge in [-0.1, -0.05) is 11.8 Å². The fraction of sp³-hybridized carbons (Fsp3) is 0.0667. The van der Waals surface area contributed by atoms with Crippen LogP contribution in [0.25, 0.3) is 22.7 Å². The molecule has 0 atom stereocenters. The van der Waals surface area contributed by atoms with Crippen LogP contribution in [-0.2, 0) is 0 Å². The summed E-state index contributed by atoms with van der Waals surface area (Å²) in [5.74, 6) is 0.518. The molecule has 3 rings (SSSR count). The molecule has 0 bridgehead atoms. The van der Waals surface area contributed by atoms with Crippen LogP contribution >= 0.6 is 11.8 Å². The van der Waals surface area contributed by atoms with Crippen molar-refractivity contribution in [2.75, 3.05) is 6.26 Å². The van der Waals surface area contributed by atoms with Crippen LogP contribution in [0.15, 0.2) is 52.0 Å². The van der Waals surface area contributed by atoms with E-state index in [2.05, 4.69) is 20.3 Å². The lowest BCUT2D eigenvalue weighted by molar-refractivity contribution is 0.619. The Hall–Kier alpha value is -2.85. The molecular weight excluding hydrogens is 298 g/mol. The van der Waals surface area contributed by atoms with Crippen LogP contribution in [0.2, 0.25) is 0 Å². The van der Waals surface area contributed by atoms with E-state index in [0.29, 0.717) is 22.3 Å². The molecule has 0 aliphatic rings. The number of hydrogen-bond donors (Lipinski definition) is 1. The number of oxazole rings is 1. The maximum Gasteiger partial charge on any atom is 0.228 e. The number of nitriles is 1. The zero-order chi connectivity index (χ0) is 15.4. The van der Waals surface area contributed by atoms with Gasteiger partial charge >= 0.3 is 0 Å². The van der Waals surface area contributed by atoms with E-state index in [0.717, 1.165) is 11.3 Å². The van der Waals surface area contributed by atoms with Gasteiger partial charge in [-0.05, 0) is 42.7 Å². The number of aliphatic imine (C=N–C) groups is 1. The largest absolute Gasteiger partial charge is 0.434 e. The minimum atomic E-state index is 0.518. The molecule has 2 aromatic heterocycles. The van der Waals surface area contributed by atoms with Gasteiger partial charge in [-0.15, -0.1) is 0 Å². The van der Waals surface area contributed by atoms with Crippen LogP contribution < -0.4 is 5.32 Å². The van der Waals surface area contributed by atoms with Gasteiger partial charge in [0.2, 0.25) is 5.89 Å². The molecule has 1 N–H and O–H groups in total. The molecule has 0 amide bonds. The average molecular weight is 309 g/mol. The topological polar surface area (TPSA) is 87.1 Å². The van der Waals surface area contributed by atoms with Gasteiger partial charge in [0.1, 0.15) is 0 Å². The van der Waals surface area contributed by atoms with Crippen molar-refractivity contribution in [3.05, 3.63) is 42.6 Å². The number of amidine groups is 1. The molecule has 22 heavy (non-hydrogen) atoms. The lowest BCUT2D eigenvalue weighted by Crippen LogP contribution is -2.12. The molecule has 0 unspecified atom stereocenters. The average Bonchev–Trinajstić information content (AvgIpc) is 2.99. The lowest BCUT2D eigenvalue weighted by Gasteiger charge is -2.00. The van der Waals surface area contributed by atoms with E-state index in [-0.39, 0.29) is 0 Å². The van der Waals surface area contributed by atoms with E-state index in [1.807, 2.05) is 42.8 Å². The SMILES string of the molecule is CSC(=Nc1ccc(-c2nc3ncccc3o2)cc1)NC#N. The van der Waals surface area contributed by atoms with Crippen LogP contribution in [0.4, 0.5) is 5.69 Å². The molecule has 2 heterocycles. The van der Waals surface area contributed by atoms with Crippen molar-refractivity contribution >= 4 is 33.8 Å². The summed E-state index contributed by atoms with van der Waals surface area (Å²) in [6, 6.07) is 11.1. The summed E-state index contributed by atoms with van der Waals surface area (Å²) in [5.41, 5.74) is 2.82. The molecule has 7 heteroatoms. The van der Waals surface area contributed by atoms with Crippen molar-refractivity contribution in [2.24, 2.45) is 4.99 Å². The first-order chi connectivity index (χ1) is 10.8. The van der Waals surface area contributed by atoms with Gasteiger partial charge in [0.25, 0.3) is 0 Å². The number of aromatic nitrogens is 2. The van der Waals surface area contributed by atoms with Gasteiger partial charge in [0.05, 0.1) is 5.69 Å². The predicted octanol–water partition coefficient (Wildman–Crippen LogP) is 3.31. The molecule has 0 radical (unpaired) electrons. The fourth-order valence-corrected chi connectivity index (χ4v) is 2.21. The van der Waals surface area contributed by atoms with Crippen LogP contribution in [0, 0.1) is 11.5 Å². The number of nitrogens with zero attached hydrogens (tertiary/aromatic N) is 4. The molecule has 0 saturated heterocycles. The Kier molecular flexibility index (Phi) is 4.03. The number of pyridine rings is 1. The number of nitrogens with one attached hydrogen (secondary N) is 1. The van der Waals surface area contributed by atoms with Crippen LogP contribution in [0.5, 0.6) is 0 Å². The van der Waals surface area contributed by atoms with Crippen molar-refractivity contribution in [1.29, 1.82) is 5.26 Å². The molecule has 0 fully saturated rings. The molecule has 0 aliphatic carbocycles. The Bertz CT molecular complexity index is 831. The highest BCUT2D eigenvalue weighted by molar-refractivity contribution is 8.13. The Morgan fingerprint density at radius 2 is 2.14 bits per heavy atom. The van der Waals surface area contributed by atoms with E-state index in [9.17, 15) is 0 Å². The third-order valence-electron chi connectivity index (χ3n) is 2.87. The van der Waals surface area contributed by atoms with Gasteiger partial charge < -0.3 is 4.42 Å². The number of rotatable bonds is 2. The summed E-state index contributed by atoms with van der Waals surface area (Å²) >= 11 is 1.37. The summed E-state index contributed by atoms with van der Waals surface area (Å²) in [7, 11) is 0. The number of benzene rings is 1. The Morgan fingerprint density at radius 1 is 1.32 bits per heavy atom. The second-order valence-corrected chi connectivity index (χ2v) is 5.04. The number of hydrogen-bond acceptors (Lipinski definition) is 6. The highest BCUT2D eigenvalue weighted by Crippen LogP contribution is 2.25. The van der Waals surface area contributed by atoms with E-state index in [1.54, 1.807) is 12.3 Å². The lowest BCUT2D eigenvalue weighted by atomic mass is 10.2. The van der Waals surface area contributed by atoms with Crippen LogP contribution in [0.1, 0.15) is 0 Å².